The van der Waals surface area contributed by atoms with Crippen LogP contribution in [0.1, 0.15) is 61.6 Å². The minimum Gasteiger partial charge on any atom is -0.463 e. The number of ketones is 3. The molecule has 55 heavy (non-hydrogen) atoms. The number of aldehydes is 1. The van der Waals surface area contributed by atoms with Crippen molar-refractivity contribution in [2.75, 3.05) is 50.3 Å². The maximum absolute atomic E-state index is 14.1. The lowest BCUT2D eigenvalue weighted by Crippen LogP contribution is -2.23. The molecule has 0 saturated heterocycles. The van der Waals surface area contributed by atoms with Crippen LogP contribution in [0.2, 0.25) is 0 Å². The minimum atomic E-state index is -0.642. The molecule has 0 amide bonds. The summed E-state index contributed by atoms with van der Waals surface area (Å²) in [5, 5.41) is 6.40. The Morgan fingerprint density at radius 3 is 1.85 bits per heavy atom. The van der Waals surface area contributed by atoms with E-state index in [0.717, 1.165) is 0 Å². The van der Waals surface area contributed by atoms with Gasteiger partial charge >= 0.3 is 11.9 Å². The van der Waals surface area contributed by atoms with Crippen LogP contribution in [-0.4, -0.2) is 75.2 Å². The second kappa shape index (κ2) is 21.3. The first-order chi connectivity index (χ1) is 26.7. The first kappa shape index (κ1) is 41.3. The molecule has 0 aromatic heterocycles. The Labute approximate surface area is 319 Å². The highest BCUT2D eigenvalue weighted by Crippen LogP contribution is 2.38. The molecule has 2 N–H and O–H groups in total. The van der Waals surface area contributed by atoms with Gasteiger partial charge in [0.05, 0.1) is 53.4 Å². The number of para-hydroxylation sites is 2. The van der Waals surface area contributed by atoms with E-state index in [-0.39, 0.29) is 85.4 Å². The lowest BCUT2D eigenvalue weighted by Gasteiger charge is -2.24. The maximum atomic E-state index is 14.1. The van der Waals surface area contributed by atoms with E-state index in [4.69, 9.17) is 18.9 Å². The van der Waals surface area contributed by atoms with Crippen LogP contribution < -0.4 is 10.6 Å². The number of carbonyl (C=O) groups excluding carboxylic acids is 6. The molecule has 1 aliphatic rings. The van der Waals surface area contributed by atoms with E-state index in [2.05, 4.69) is 17.2 Å². The predicted molar refractivity (Wildman–Crippen MR) is 208 cm³/mol. The van der Waals surface area contributed by atoms with Crippen molar-refractivity contribution in [3.05, 3.63) is 143 Å². The highest BCUT2D eigenvalue weighted by atomic mass is 16.6. The molecule has 12 nitrogen and oxygen atoms in total. The van der Waals surface area contributed by atoms with Crippen molar-refractivity contribution in [2.45, 2.75) is 20.3 Å². The first-order valence-corrected chi connectivity index (χ1v) is 17.4. The number of hydrogen-bond donors (Lipinski definition) is 2. The fourth-order valence-corrected chi connectivity index (χ4v) is 5.54. The summed E-state index contributed by atoms with van der Waals surface area (Å²) in [6.07, 6.45) is 5.30. The largest absolute Gasteiger partial charge is 0.463 e. The van der Waals surface area contributed by atoms with E-state index in [1.54, 1.807) is 104 Å². The van der Waals surface area contributed by atoms with Gasteiger partial charge in [0.1, 0.15) is 32.7 Å². The molecular weight excluding hydrogens is 704 g/mol. The number of benzene rings is 4. The van der Waals surface area contributed by atoms with Gasteiger partial charge in [-0.05, 0) is 55.8 Å². The second-order valence-corrected chi connectivity index (χ2v) is 11.8. The van der Waals surface area contributed by atoms with Gasteiger partial charge in [0.25, 0.3) is 0 Å². The smallest absolute Gasteiger partial charge is 0.340 e. The van der Waals surface area contributed by atoms with Crippen molar-refractivity contribution < 1.29 is 47.7 Å². The van der Waals surface area contributed by atoms with Crippen LogP contribution in [0.4, 0.5) is 22.7 Å². The zero-order valence-corrected chi connectivity index (χ0v) is 30.6. The van der Waals surface area contributed by atoms with Gasteiger partial charge < -0.3 is 34.4 Å². The highest BCUT2D eigenvalue weighted by molar-refractivity contribution is 6.32. The fraction of sp³-hybridized carbons (Fsp3) is 0.209. The molecule has 1 aliphatic carbocycles. The highest BCUT2D eigenvalue weighted by Gasteiger charge is 2.34. The Morgan fingerprint density at radius 2 is 1.22 bits per heavy atom. The zero-order chi connectivity index (χ0) is 39.6. The molecule has 0 radical (unpaired) electrons. The van der Waals surface area contributed by atoms with Crippen molar-refractivity contribution in [1.82, 2.24) is 0 Å². The van der Waals surface area contributed by atoms with E-state index >= 15 is 0 Å². The van der Waals surface area contributed by atoms with Gasteiger partial charge in [-0.25, -0.2) is 4.79 Å². The number of nitrogens with one attached hydrogen (secondary N) is 2. The number of fused-ring (bicyclic) bond motifs is 2. The molecule has 0 spiro atoms. The third kappa shape index (κ3) is 11.2. The molecule has 284 valence electrons. The van der Waals surface area contributed by atoms with Crippen LogP contribution in [0.25, 0.3) is 0 Å². The SMILES string of the molecule is C/C=C/C(=O)COCCOC(=O)c1ccccc1Nc1cccc2c1C(=O)c1cccc(Nc3ccccc3CC(=O)OCCOCC=O)c1C2=O.C=CC. The van der Waals surface area contributed by atoms with E-state index in [1.165, 1.54) is 6.08 Å². The number of esters is 2. The molecular formula is C43H42N2O10. The fourth-order valence-electron chi connectivity index (χ4n) is 5.54. The molecule has 0 saturated carbocycles. The van der Waals surface area contributed by atoms with Gasteiger partial charge in [-0.3, -0.25) is 19.2 Å². The van der Waals surface area contributed by atoms with Crippen molar-refractivity contribution in [1.29, 1.82) is 0 Å². The summed E-state index contributed by atoms with van der Waals surface area (Å²) in [5.74, 6) is -2.12. The van der Waals surface area contributed by atoms with E-state index < -0.39 is 17.7 Å². The first-order valence-electron chi connectivity index (χ1n) is 17.4. The van der Waals surface area contributed by atoms with Crippen LogP contribution >= 0.6 is 0 Å². The summed E-state index contributed by atoms with van der Waals surface area (Å²) in [7, 11) is 0. The molecule has 0 unspecified atom stereocenters. The molecule has 5 rings (SSSR count). The average molecular weight is 747 g/mol. The Bertz CT molecular complexity index is 2070. The van der Waals surface area contributed by atoms with Crippen LogP contribution in [-0.2, 0) is 39.8 Å². The number of ether oxygens (including phenoxy) is 4. The van der Waals surface area contributed by atoms with Crippen LogP contribution in [0.5, 0.6) is 0 Å². The Balaban J connectivity index is 0.00000217. The van der Waals surface area contributed by atoms with Crippen LogP contribution in [0.3, 0.4) is 0 Å². The van der Waals surface area contributed by atoms with Crippen molar-refractivity contribution in [3.8, 4) is 0 Å². The van der Waals surface area contributed by atoms with E-state index in [9.17, 15) is 28.8 Å². The molecule has 0 atom stereocenters. The molecule has 0 aliphatic heterocycles. The van der Waals surface area contributed by atoms with Gasteiger partial charge in [-0.1, -0.05) is 66.7 Å². The third-order valence-corrected chi connectivity index (χ3v) is 7.84. The summed E-state index contributed by atoms with van der Waals surface area (Å²) in [6.45, 7) is 6.80. The topological polar surface area (TPSA) is 163 Å². The van der Waals surface area contributed by atoms with Gasteiger partial charge in [-0.2, -0.15) is 0 Å². The Morgan fingerprint density at radius 1 is 0.673 bits per heavy atom. The standard InChI is InChI=1S/C40H36N2O10.C3H6/c1-2-9-27(44)25-50-21-23-52-40(48)28-11-4-6-15-32(28)42-34-17-8-13-30-37(34)39(47)29-12-7-16-33(36(29)38(30)46)41-31-14-5-3-10-26(31)24-35(45)51-22-20-49-19-18-43;1-3-2/h2-18,41-42H,19-25H2,1H3;3H,1H2,2H3/b9-2+;. The summed E-state index contributed by atoms with van der Waals surface area (Å²) >= 11 is 0. The molecule has 4 aromatic carbocycles. The molecule has 0 bridgehead atoms. The summed E-state index contributed by atoms with van der Waals surface area (Å²) < 4.78 is 20.9. The van der Waals surface area contributed by atoms with Crippen LogP contribution in [0.15, 0.2) is 110 Å². The molecule has 4 aromatic rings. The van der Waals surface area contributed by atoms with Crippen molar-refractivity contribution >= 4 is 58.3 Å². The number of allylic oxidation sites excluding steroid dienone is 2. The quantitative estimate of drug-likeness (QED) is 0.0319. The second-order valence-electron chi connectivity index (χ2n) is 11.8. The Kier molecular flexibility index (Phi) is 16.0. The number of carbonyl (C=O) groups is 6. The average Bonchev–Trinajstić information content (AvgIpc) is 3.18. The lowest BCUT2D eigenvalue weighted by atomic mass is 9.82. The molecule has 0 fully saturated rings. The predicted octanol–water partition coefficient (Wildman–Crippen LogP) is 6.76. The zero-order valence-electron chi connectivity index (χ0n) is 30.6. The normalized spacial score (nSPS) is 11.4. The maximum Gasteiger partial charge on any atom is 0.340 e. The van der Waals surface area contributed by atoms with Gasteiger partial charge in [-0.15, -0.1) is 6.58 Å². The third-order valence-electron chi connectivity index (χ3n) is 7.84. The van der Waals surface area contributed by atoms with Gasteiger partial charge in [0.15, 0.2) is 17.3 Å². The summed E-state index contributed by atoms with van der Waals surface area (Å²) in [6, 6.07) is 23.4. The van der Waals surface area contributed by atoms with Crippen molar-refractivity contribution in [2.24, 2.45) is 0 Å². The number of hydrogen-bond acceptors (Lipinski definition) is 12. The van der Waals surface area contributed by atoms with Crippen LogP contribution in [0, 0.1) is 0 Å². The number of anilines is 4. The lowest BCUT2D eigenvalue weighted by molar-refractivity contribution is -0.144. The number of rotatable bonds is 18. The van der Waals surface area contributed by atoms with Crippen molar-refractivity contribution in [3.63, 3.8) is 0 Å². The minimum absolute atomic E-state index is 0.00589. The van der Waals surface area contributed by atoms with Gasteiger partial charge in [0, 0.05) is 16.8 Å². The summed E-state index contributed by atoms with van der Waals surface area (Å²) in [4.78, 5) is 75.7. The monoisotopic (exact) mass is 746 g/mol. The molecule has 12 heteroatoms. The van der Waals surface area contributed by atoms with E-state index in [1.807, 2.05) is 6.92 Å². The van der Waals surface area contributed by atoms with Gasteiger partial charge in [0.2, 0.25) is 0 Å². The Hall–Kier alpha value is -6.50. The molecule has 0 heterocycles. The van der Waals surface area contributed by atoms with E-state index in [0.29, 0.717) is 34.6 Å². The summed E-state index contributed by atoms with van der Waals surface area (Å²) in [5.41, 5.74) is 3.10.